The van der Waals surface area contributed by atoms with E-state index in [2.05, 4.69) is 18.7 Å². The fourth-order valence-corrected chi connectivity index (χ4v) is 2.29. The van der Waals surface area contributed by atoms with E-state index in [1.807, 2.05) is 6.92 Å². The molecule has 0 saturated carbocycles. The van der Waals surface area contributed by atoms with Crippen molar-refractivity contribution in [2.45, 2.75) is 39.7 Å². The third-order valence-electron chi connectivity index (χ3n) is 3.61. The Morgan fingerprint density at radius 2 is 1.80 bits per heavy atom. The summed E-state index contributed by atoms with van der Waals surface area (Å²) in [6.45, 7) is 8.55. The molecule has 3 nitrogen and oxygen atoms in total. The number of rotatable bonds is 3. The summed E-state index contributed by atoms with van der Waals surface area (Å²) in [7, 11) is 1.46. The number of hydrogen-bond donors (Lipinski definition) is 0. The van der Waals surface area contributed by atoms with Crippen LogP contribution in [0, 0.1) is 11.8 Å². The van der Waals surface area contributed by atoms with Gasteiger partial charge < -0.3 is 4.74 Å². The van der Waals surface area contributed by atoms with Gasteiger partial charge in [0.1, 0.15) is 6.04 Å². The second kappa shape index (κ2) is 5.50. The highest BCUT2D eigenvalue weighted by molar-refractivity contribution is 5.75. The molecule has 0 aromatic rings. The van der Waals surface area contributed by atoms with Gasteiger partial charge in [-0.3, -0.25) is 9.69 Å². The lowest BCUT2D eigenvalue weighted by molar-refractivity contribution is -0.146. The van der Waals surface area contributed by atoms with E-state index in [9.17, 15) is 4.79 Å². The minimum Gasteiger partial charge on any atom is -0.468 e. The number of methoxy groups -OCH3 is 1. The van der Waals surface area contributed by atoms with E-state index in [0.29, 0.717) is 0 Å². The molecule has 0 N–H and O–H groups in total. The van der Waals surface area contributed by atoms with Gasteiger partial charge in [0.15, 0.2) is 0 Å². The molecule has 0 amide bonds. The van der Waals surface area contributed by atoms with Crippen molar-refractivity contribution in [1.29, 1.82) is 0 Å². The molecule has 1 heterocycles. The molecule has 1 atom stereocenters. The highest BCUT2D eigenvalue weighted by Crippen LogP contribution is 2.25. The molecular weight excluding hydrogens is 190 g/mol. The summed E-state index contributed by atoms with van der Waals surface area (Å²) in [6.07, 6.45) is 2.41. The minimum atomic E-state index is -0.113. The van der Waals surface area contributed by atoms with E-state index >= 15 is 0 Å². The molecule has 1 fully saturated rings. The fraction of sp³-hybridized carbons (Fsp3) is 0.917. The first-order valence-electron chi connectivity index (χ1n) is 5.88. The summed E-state index contributed by atoms with van der Waals surface area (Å²) < 4.78 is 4.76. The molecule has 0 bridgehead atoms. The molecule has 1 rings (SSSR count). The SMILES string of the molecule is COC(=O)C(C)N1CCC(C(C)C)CC1. The number of carbonyl (C=O) groups is 1. The molecule has 0 radical (unpaired) electrons. The maximum Gasteiger partial charge on any atom is 0.322 e. The molecule has 0 spiro atoms. The predicted octanol–water partition coefficient (Wildman–Crippen LogP) is 1.92. The molecule has 3 heteroatoms. The molecule has 15 heavy (non-hydrogen) atoms. The Hall–Kier alpha value is -0.570. The normalized spacial score (nSPS) is 21.7. The van der Waals surface area contributed by atoms with Crippen LogP contribution < -0.4 is 0 Å². The minimum absolute atomic E-state index is 0.0805. The lowest BCUT2D eigenvalue weighted by Gasteiger charge is -2.36. The number of carbonyl (C=O) groups excluding carboxylic acids is 1. The van der Waals surface area contributed by atoms with Crippen molar-refractivity contribution in [3.05, 3.63) is 0 Å². The Morgan fingerprint density at radius 1 is 1.27 bits per heavy atom. The van der Waals surface area contributed by atoms with Crippen LogP contribution in [-0.2, 0) is 9.53 Å². The molecule has 1 aliphatic heterocycles. The van der Waals surface area contributed by atoms with Crippen molar-refractivity contribution in [2.24, 2.45) is 11.8 Å². The van der Waals surface area contributed by atoms with E-state index in [4.69, 9.17) is 4.74 Å². The zero-order valence-corrected chi connectivity index (χ0v) is 10.3. The highest BCUT2D eigenvalue weighted by Gasteiger charge is 2.27. The standard InChI is InChI=1S/C12H23NO2/c1-9(2)11-5-7-13(8-6-11)10(3)12(14)15-4/h9-11H,5-8H2,1-4H3. The van der Waals surface area contributed by atoms with Gasteiger partial charge in [-0.2, -0.15) is 0 Å². The van der Waals surface area contributed by atoms with Crippen LogP contribution in [0.2, 0.25) is 0 Å². The Kier molecular flexibility index (Phi) is 4.58. The first-order valence-corrected chi connectivity index (χ1v) is 5.88. The third kappa shape index (κ3) is 3.20. The van der Waals surface area contributed by atoms with Crippen LogP contribution in [0.1, 0.15) is 33.6 Å². The summed E-state index contributed by atoms with van der Waals surface area (Å²) in [6, 6.07) is -0.0805. The van der Waals surface area contributed by atoms with Crippen molar-refractivity contribution in [3.63, 3.8) is 0 Å². The van der Waals surface area contributed by atoms with Gasteiger partial charge in [-0.15, -0.1) is 0 Å². The topological polar surface area (TPSA) is 29.5 Å². The van der Waals surface area contributed by atoms with Gasteiger partial charge in [0.2, 0.25) is 0 Å². The second-order valence-corrected chi connectivity index (χ2v) is 4.82. The molecule has 1 unspecified atom stereocenters. The van der Waals surface area contributed by atoms with Gasteiger partial charge in [0.25, 0.3) is 0 Å². The van der Waals surface area contributed by atoms with Crippen LogP contribution in [0.25, 0.3) is 0 Å². The van der Waals surface area contributed by atoms with Crippen LogP contribution in [0.4, 0.5) is 0 Å². The number of ether oxygens (including phenoxy) is 1. The first kappa shape index (κ1) is 12.5. The monoisotopic (exact) mass is 213 g/mol. The Balaban J connectivity index is 2.40. The van der Waals surface area contributed by atoms with Crippen LogP contribution in [0.15, 0.2) is 0 Å². The lowest BCUT2D eigenvalue weighted by atomic mass is 9.86. The van der Waals surface area contributed by atoms with Gasteiger partial charge in [0.05, 0.1) is 7.11 Å². The van der Waals surface area contributed by atoms with E-state index in [0.717, 1.165) is 24.9 Å². The molecule has 1 saturated heterocycles. The Labute approximate surface area is 92.8 Å². The van der Waals surface area contributed by atoms with E-state index in [1.54, 1.807) is 0 Å². The van der Waals surface area contributed by atoms with Crippen molar-refractivity contribution in [2.75, 3.05) is 20.2 Å². The second-order valence-electron chi connectivity index (χ2n) is 4.82. The van der Waals surface area contributed by atoms with Crippen molar-refractivity contribution in [3.8, 4) is 0 Å². The number of likely N-dealkylation sites (tertiary alicyclic amines) is 1. The zero-order chi connectivity index (χ0) is 11.4. The molecule has 0 aromatic heterocycles. The maximum atomic E-state index is 11.4. The quantitative estimate of drug-likeness (QED) is 0.671. The molecule has 0 aromatic carbocycles. The average Bonchev–Trinajstić information content (AvgIpc) is 2.27. The summed E-state index contributed by atoms with van der Waals surface area (Å²) in [5.74, 6) is 1.48. The number of esters is 1. The Bertz CT molecular complexity index is 208. The van der Waals surface area contributed by atoms with Gasteiger partial charge >= 0.3 is 5.97 Å². The van der Waals surface area contributed by atoms with Crippen LogP contribution in [0.5, 0.6) is 0 Å². The Morgan fingerprint density at radius 3 is 2.20 bits per heavy atom. The van der Waals surface area contributed by atoms with E-state index in [1.165, 1.54) is 20.0 Å². The zero-order valence-electron chi connectivity index (χ0n) is 10.3. The number of nitrogens with zero attached hydrogens (tertiary/aromatic N) is 1. The predicted molar refractivity (Wildman–Crippen MR) is 60.6 cm³/mol. The lowest BCUT2D eigenvalue weighted by Crippen LogP contribution is -2.45. The van der Waals surface area contributed by atoms with Crippen molar-refractivity contribution >= 4 is 5.97 Å². The summed E-state index contributed by atoms with van der Waals surface area (Å²) >= 11 is 0. The summed E-state index contributed by atoms with van der Waals surface area (Å²) in [5.41, 5.74) is 0. The fourth-order valence-electron chi connectivity index (χ4n) is 2.29. The highest BCUT2D eigenvalue weighted by atomic mass is 16.5. The van der Waals surface area contributed by atoms with Gasteiger partial charge in [0, 0.05) is 0 Å². The average molecular weight is 213 g/mol. The third-order valence-corrected chi connectivity index (χ3v) is 3.61. The number of piperidine rings is 1. The number of hydrogen-bond acceptors (Lipinski definition) is 3. The maximum absolute atomic E-state index is 11.4. The molecular formula is C12H23NO2. The van der Waals surface area contributed by atoms with E-state index in [-0.39, 0.29) is 12.0 Å². The van der Waals surface area contributed by atoms with Gasteiger partial charge in [-0.05, 0) is 44.7 Å². The smallest absolute Gasteiger partial charge is 0.322 e. The molecule has 1 aliphatic rings. The van der Waals surface area contributed by atoms with Crippen LogP contribution >= 0.6 is 0 Å². The van der Waals surface area contributed by atoms with Crippen LogP contribution in [-0.4, -0.2) is 37.1 Å². The molecule has 0 aliphatic carbocycles. The van der Waals surface area contributed by atoms with E-state index < -0.39 is 0 Å². The van der Waals surface area contributed by atoms with Gasteiger partial charge in [-0.1, -0.05) is 13.8 Å². The van der Waals surface area contributed by atoms with Crippen molar-refractivity contribution < 1.29 is 9.53 Å². The van der Waals surface area contributed by atoms with Crippen LogP contribution in [0.3, 0.4) is 0 Å². The van der Waals surface area contributed by atoms with Gasteiger partial charge in [-0.25, -0.2) is 0 Å². The summed E-state index contributed by atoms with van der Waals surface area (Å²) in [5, 5.41) is 0. The van der Waals surface area contributed by atoms with Crippen molar-refractivity contribution in [1.82, 2.24) is 4.90 Å². The summed E-state index contributed by atoms with van der Waals surface area (Å²) in [4.78, 5) is 13.6. The molecule has 88 valence electrons. The first-order chi connectivity index (χ1) is 7.06. The largest absolute Gasteiger partial charge is 0.468 e.